The van der Waals surface area contributed by atoms with Gasteiger partial charge < -0.3 is 14.2 Å². The summed E-state index contributed by atoms with van der Waals surface area (Å²) in [5.41, 5.74) is -0.817. The zero-order valence-corrected chi connectivity index (χ0v) is 21.1. The van der Waals surface area contributed by atoms with E-state index in [0.717, 1.165) is 19.3 Å². The molecule has 0 radical (unpaired) electrons. The molecule has 10 heteroatoms. The van der Waals surface area contributed by atoms with E-state index in [1.54, 1.807) is 0 Å². The number of alkyl halides is 1. The number of rotatable bonds is 5. The van der Waals surface area contributed by atoms with Crippen molar-refractivity contribution in [3.63, 3.8) is 0 Å². The molecule has 2 saturated heterocycles. The number of Topliss-reactive ketones (excluding diaryl/α,β-unsaturated/α-hetero) is 2. The van der Waals surface area contributed by atoms with E-state index in [1.165, 1.54) is 6.07 Å². The first kappa shape index (κ1) is 25.0. The highest BCUT2D eigenvalue weighted by molar-refractivity contribution is 6.29. The van der Waals surface area contributed by atoms with E-state index in [2.05, 4.69) is 9.97 Å². The lowest BCUT2D eigenvalue weighted by atomic mass is 9.57. The highest BCUT2D eigenvalue weighted by atomic mass is 35.5. The average molecular weight is 510 g/mol. The van der Waals surface area contributed by atoms with Gasteiger partial charge in [-0.25, -0.2) is 9.37 Å². The first-order valence-corrected chi connectivity index (χ1v) is 13.0. The first-order chi connectivity index (χ1) is 16.7. The quantitative estimate of drug-likeness (QED) is 0.336. The van der Waals surface area contributed by atoms with Gasteiger partial charge in [0.05, 0.1) is 24.5 Å². The molecule has 1 unspecified atom stereocenters. The smallest absolute Gasteiger partial charge is 0.218 e. The summed E-state index contributed by atoms with van der Waals surface area (Å²) >= 11 is 6.23. The summed E-state index contributed by atoms with van der Waals surface area (Å²) in [6.07, 6.45) is 4.06. The Hall–Kier alpha value is -1.68. The van der Waals surface area contributed by atoms with Crippen LogP contribution in [0.3, 0.4) is 0 Å². The number of halogens is 2. The van der Waals surface area contributed by atoms with Gasteiger partial charge in [0.2, 0.25) is 17.5 Å². The zero-order chi connectivity index (χ0) is 24.8. The number of carbonyl (C=O) groups is 2. The maximum atomic E-state index is 13.9. The molecule has 3 heterocycles. The van der Waals surface area contributed by atoms with Gasteiger partial charge in [-0.1, -0.05) is 24.4 Å². The summed E-state index contributed by atoms with van der Waals surface area (Å²) in [5.74, 6) is -2.36. The Morgan fingerprint density at radius 3 is 2.66 bits per heavy atom. The zero-order valence-electron chi connectivity index (χ0n) is 20.3. The van der Waals surface area contributed by atoms with Crippen LogP contribution in [0, 0.1) is 11.3 Å². The van der Waals surface area contributed by atoms with Gasteiger partial charge in [-0.2, -0.15) is 4.98 Å². The van der Waals surface area contributed by atoms with Crippen molar-refractivity contribution in [1.82, 2.24) is 14.9 Å². The number of likely N-dealkylation sites (tertiary alicyclic amines) is 1. The van der Waals surface area contributed by atoms with Gasteiger partial charge in [-0.15, -0.1) is 0 Å². The van der Waals surface area contributed by atoms with E-state index < -0.39 is 29.1 Å². The minimum Gasteiger partial charge on any atom is -0.473 e. The maximum Gasteiger partial charge on any atom is 0.218 e. The van der Waals surface area contributed by atoms with Crippen LogP contribution in [-0.4, -0.2) is 77.3 Å². The van der Waals surface area contributed by atoms with Crippen LogP contribution in [0.2, 0.25) is 5.15 Å². The molecule has 35 heavy (non-hydrogen) atoms. The van der Waals surface area contributed by atoms with Crippen molar-refractivity contribution in [2.24, 2.45) is 11.3 Å². The molecule has 4 aliphatic rings. The van der Waals surface area contributed by atoms with E-state index in [4.69, 9.17) is 25.8 Å². The Kier molecular flexibility index (Phi) is 6.89. The van der Waals surface area contributed by atoms with Gasteiger partial charge in [0.1, 0.15) is 17.4 Å². The van der Waals surface area contributed by atoms with Crippen molar-refractivity contribution in [2.75, 3.05) is 26.8 Å². The Balaban J connectivity index is 1.37. The molecule has 2 aliphatic heterocycles. The maximum absolute atomic E-state index is 13.9. The minimum absolute atomic E-state index is 0.0586. The second-order valence-corrected chi connectivity index (χ2v) is 10.8. The molecule has 2 saturated carbocycles. The monoisotopic (exact) mass is 509 g/mol. The number of carbonyl (C=O) groups excluding carboxylic acids is 2. The third-order valence-electron chi connectivity index (χ3n) is 8.33. The number of hydrogen-bond acceptors (Lipinski definition) is 8. The van der Waals surface area contributed by atoms with Crippen LogP contribution in [0.5, 0.6) is 5.88 Å². The Labute approximate surface area is 209 Å². The van der Waals surface area contributed by atoms with Gasteiger partial charge in [-0.05, 0) is 46.1 Å². The number of ether oxygens (including phenoxy) is 3. The molecule has 2 spiro atoms. The van der Waals surface area contributed by atoms with Crippen molar-refractivity contribution in [1.29, 1.82) is 0 Å². The van der Waals surface area contributed by atoms with Crippen LogP contribution < -0.4 is 4.74 Å². The topological polar surface area (TPSA) is 90.8 Å². The van der Waals surface area contributed by atoms with E-state index >= 15 is 0 Å². The fourth-order valence-electron chi connectivity index (χ4n) is 6.67. The summed E-state index contributed by atoms with van der Waals surface area (Å²) in [7, 11) is 1.85. The molecule has 0 aromatic carbocycles. The summed E-state index contributed by atoms with van der Waals surface area (Å²) in [4.78, 5) is 37.9. The van der Waals surface area contributed by atoms with E-state index in [1.807, 2.05) is 18.9 Å². The van der Waals surface area contributed by atoms with Crippen LogP contribution in [0.25, 0.3) is 0 Å². The third kappa shape index (κ3) is 4.38. The average Bonchev–Trinajstić information content (AvgIpc) is 3.43. The Morgan fingerprint density at radius 1 is 1.23 bits per heavy atom. The van der Waals surface area contributed by atoms with Crippen LogP contribution in [-0.2, 0) is 14.3 Å². The molecule has 192 valence electrons. The fourth-order valence-corrected chi connectivity index (χ4v) is 6.84. The Bertz CT molecular complexity index is 986. The highest BCUT2D eigenvalue weighted by Gasteiger charge is 2.63. The highest BCUT2D eigenvalue weighted by Crippen LogP contribution is 2.56. The number of hydrogen-bond donors (Lipinski definition) is 0. The lowest BCUT2D eigenvalue weighted by Crippen LogP contribution is -2.60. The van der Waals surface area contributed by atoms with E-state index in [0.29, 0.717) is 51.9 Å². The number of nitrogens with zero attached hydrogens (tertiary/aromatic N) is 3. The van der Waals surface area contributed by atoms with E-state index in [-0.39, 0.29) is 34.8 Å². The van der Waals surface area contributed by atoms with Crippen molar-refractivity contribution in [3.05, 3.63) is 17.0 Å². The molecule has 0 N–H and O–H groups in total. The third-order valence-corrected chi connectivity index (χ3v) is 8.53. The minimum atomic E-state index is -0.929. The lowest BCUT2D eigenvalue weighted by Gasteiger charge is -2.51. The van der Waals surface area contributed by atoms with Crippen LogP contribution in [0.1, 0.15) is 68.9 Å². The van der Waals surface area contributed by atoms with Crippen molar-refractivity contribution < 1.29 is 28.2 Å². The molecule has 1 aromatic heterocycles. The van der Waals surface area contributed by atoms with Crippen molar-refractivity contribution in [2.45, 2.75) is 82.4 Å². The summed E-state index contributed by atoms with van der Waals surface area (Å²) in [6, 6.07) is 1.32. The van der Waals surface area contributed by atoms with Crippen molar-refractivity contribution >= 4 is 23.2 Å². The van der Waals surface area contributed by atoms with Gasteiger partial charge in [0.25, 0.3) is 0 Å². The van der Waals surface area contributed by atoms with Crippen LogP contribution >= 0.6 is 11.6 Å². The number of ketones is 2. The largest absolute Gasteiger partial charge is 0.473 e. The van der Waals surface area contributed by atoms with Crippen LogP contribution in [0.15, 0.2) is 6.07 Å². The summed E-state index contributed by atoms with van der Waals surface area (Å²) in [6.45, 7) is 3.12. The number of likely N-dealkylation sites (N-methyl/N-ethyl adjacent to an activating group) is 1. The Morgan fingerprint density at radius 2 is 1.94 bits per heavy atom. The molecule has 1 aromatic rings. The molecule has 4 fully saturated rings. The second kappa shape index (κ2) is 9.65. The predicted molar refractivity (Wildman–Crippen MR) is 125 cm³/mol. The molecule has 2 aliphatic carbocycles. The summed E-state index contributed by atoms with van der Waals surface area (Å²) < 4.78 is 31.9. The molecule has 0 bridgehead atoms. The van der Waals surface area contributed by atoms with E-state index in [9.17, 15) is 14.0 Å². The molecule has 5 rings (SSSR count). The molecule has 8 nitrogen and oxygen atoms in total. The lowest BCUT2D eigenvalue weighted by molar-refractivity contribution is -0.255. The van der Waals surface area contributed by atoms with Crippen molar-refractivity contribution in [3.8, 4) is 5.88 Å². The van der Waals surface area contributed by atoms with Gasteiger partial charge >= 0.3 is 0 Å². The van der Waals surface area contributed by atoms with Gasteiger partial charge in [0.15, 0.2) is 11.6 Å². The van der Waals surface area contributed by atoms with Crippen LogP contribution in [0.4, 0.5) is 4.39 Å². The van der Waals surface area contributed by atoms with Gasteiger partial charge in [0, 0.05) is 25.1 Å². The molecular weight excluding hydrogens is 477 g/mol. The number of aromatic nitrogens is 2. The predicted octanol–water partition coefficient (Wildman–Crippen LogP) is 3.79. The molecule has 5 atom stereocenters. The fraction of sp³-hybridized carbons (Fsp3) is 0.760. The molecular formula is C25H33ClFN3O5. The number of fused-ring (bicyclic) bond motifs is 1. The van der Waals surface area contributed by atoms with Gasteiger partial charge in [-0.3, -0.25) is 14.5 Å². The normalized spacial score (nSPS) is 33.9. The first-order valence-electron chi connectivity index (χ1n) is 12.7. The second-order valence-electron chi connectivity index (χ2n) is 10.4. The SMILES string of the molecule is C[C@H](Oc1cc(Cl)nc(C(=O)C2CCC[C@@]3(CCCCC34OCCO4)C2=O)n1)[C@@H]1C[C@H](F)CN1C. The summed E-state index contributed by atoms with van der Waals surface area (Å²) in [5, 5.41) is 0.0586. The standard InChI is InChI=1S/C25H33ClFN3O5/c1-15(18-12-16(27)14-30(18)2)35-20-13-19(26)28-23(29-20)21(31)17-6-5-8-24(22(17)32)7-3-4-9-25(24)33-10-11-34-25/h13,15-18H,3-12,14H2,1-2H3/t15-,16-,17?,18-,24-/m0/s1. The molecule has 0 amide bonds.